The Bertz CT molecular complexity index is 1230. The highest BCUT2D eigenvalue weighted by molar-refractivity contribution is 7.98. The quantitative estimate of drug-likeness (QED) is 0.300. The standard InChI is InChI=1S/C23H22ClN3O2S/c1-26-14-18(16-8-4-3-5-9-16)20-21(26)22(28)27(12-13-29-2)23(25-20)30-15-17-10-6-7-11-19(17)24/h3-11,14H,12-13,15H2,1-2H3. The summed E-state index contributed by atoms with van der Waals surface area (Å²) in [5.41, 5.74) is 4.22. The fourth-order valence-corrected chi connectivity index (χ4v) is 4.73. The van der Waals surface area contributed by atoms with Crippen molar-refractivity contribution in [2.24, 2.45) is 7.05 Å². The van der Waals surface area contributed by atoms with Crippen LogP contribution in [0.15, 0.2) is 70.7 Å². The number of hydrogen-bond acceptors (Lipinski definition) is 4. The molecule has 4 rings (SSSR count). The maximum atomic E-state index is 13.4. The second-order valence-electron chi connectivity index (χ2n) is 6.94. The maximum absolute atomic E-state index is 13.4. The number of nitrogens with zero attached hydrogens (tertiary/aromatic N) is 3. The van der Waals surface area contributed by atoms with Gasteiger partial charge in [-0.05, 0) is 17.2 Å². The molecule has 0 fully saturated rings. The summed E-state index contributed by atoms with van der Waals surface area (Å²) >= 11 is 7.83. The van der Waals surface area contributed by atoms with Crippen molar-refractivity contribution in [3.8, 4) is 11.1 Å². The topological polar surface area (TPSA) is 49.0 Å². The number of rotatable bonds is 7. The van der Waals surface area contributed by atoms with Crippen molar-refractivity contribution in [1.29, 1.82) is 0 Å². The molecule has 5 nitrogen and oxygen atoms in total. The minimum Gasteiger partial charge on any atom is -0.383 e. The Morgan fingerprint density at radius 2 is 1.83 bits per heavy atom. The van der Waals surface area contributed by atoms with E-state index in [2.05, 4.69) is 0 Å². The molecule has 0 bridgehead atoms. The van der Waals surface area contributed by atoms with Gasteiger partial charge in [-0.1, -0.05) is 71.9 Å². The molecule has 0 atom stereocenters. The summed E-state index contributed by atoms with van der Waals surface area (Å²) in [6.45, 7) is 0.873. The van der Waals surface area contributed by atoms with Gasteiger partial charge < -0.3 is 9.30 Å². The average molecular weight is 440 g/mol. The van der Waals surface area contributed by atoms with Crippen LogP contribution in [0.3, 0.4) is 0 Å². The normalized spacial score (nSPS) is 11.3. The zero-order valence-corrected chi connectivity index (χ0v) is 18.4. The number of fused-ring (bicyclic) bond motifs is 1. The van der Waals surface area contributed by atoms with Crippen LogP contribution in [-0.4, -0.2) is 27.8 Å². The molecule has 0 radical (unpaired) electrons. The number of methoxy groups -OCH3 is 1. The van der Waals surface area contributed by atoms with Gasteiger partial charge in [0.2, 0.25) is 0 Å². The zero-order valence-electron chi connectivity index (χ0n) is 16.8. The summed E-state index contributed by atoms with van der Waals surface area (Å²) in [6, 6.07) is 17.7. The first-order valence-corrected chi connectivity index (χ1v) is 11.0. The lowest BCUT2D eigenvalue weighted by atomic mass is 10.1. The van der Waals surface area contributed by atoms with E-state index >= 15 is 0 Å². The molecule has 30 heavy (non-hydrogen) atoms. The summed E-state index contributed by atoms with van der Waals surface area (Å²) in [6.07, 6.45) is 1.97. The third-order valence-electron chi connectivity index (χ3n) is 4.96. The lowest BCUT2D eigenvalue weighted by Crippen LogP contribution is -2.26. The second-order valence-corrected chi connectivity index (χ2v) is 8.29. The molecule has 0 unspecified atom stereocenters. The number of benzene rings is 2. The van der Waals surface area contributed by atoms with Crippen molar-refractivity contribution in [1.82, 2.24) is 14.1 Å². The van der Waals surface area contributed by atoms with Crippen LogP contribution in [0.5, 0.6) is 0 Å². The van der Waals surface area contributed by atoms with Gasteiger partial charge >= 0.3 is 0 Å². The van der Waals surface area contributed by atoms with Crippen LogP contribution in [0.4, 0.5) is 0 Å². The Labute approximate surface area is 184 Å². The summed E-state index contributed by atoms with van der Waals surface area (Å²) in [7, 11) is 3.51. The largest absolute Gasteiger partial charge is 0.383 e. The van der Waals surface area contributed by atoms with E-state index in [9.17, 15) is 4.79 Å². The smallest absolute Gasteiger partial charge is 0.278 e. The molecule has 0 N–H and O–H groups in total. The first-order chi connectivity index (χ1) is 14.6. The van der Waals surface area contributed by atoms with Crippen LogP contribution in [-0.2, 0) is 24.1 Å². The molecule has 0 amide bonds. The molecule has 0 saturated carbocycles. The molecule has 0 aliphatic heterocycles. The van der Waals surface area contributed by atoms with E-state index in [1.54, 1.807) is 11.7 Å². The van der Waals surface area contributed by atoms with Crippen LogP contribution >= 0.6 is 23.4 Å². The van der Waals surface area contributed by atoms with E-state index in [-0.39, 0.29) is 5.56 Å². The van der Waals surface area contributed by atoms with E-state index in [1.807, 2.05) is 72.4 Å². The van der Waals surface area contributed by atoms with E-state index in [0.29, 0.717) is 40.1 Å². The van der Waals surface area contributed by atoms with Gasteiger partial charge in [-0.2, -0.15) is 0 Å². The first-order valence-electron chi connectivity index (χ1n) is 9.60. The molecule has 2 aromatic heterocycles. The molecular formula is C23H22ClN3O2S. The summed E-state index contributed by atoms with van der Waals surface area (Å²) in [4.78, 5) is 18.3. The minimum atomic E-state index is -0.0663. The van der Waals surface area contributed by atoms with Gasteiger partial charge in [0.25, 0.3) is 5.56 Å². The van der Waals surface area contributed by atoms with Gasteiger partial charge in [0.05, 0.1) is 13.2 Å². The molecule has 7 heteroatoms. The summed E-state index contributed by atoms with van der Waals surface area (Å²) < 4.78 is 8.79. The molecule has 0 aliphatic carbocycles. The van der Waals surface area contributed by atoms with E-state index in [1.165, 1.54) is 11.8 Å². The minimum absolute atomic E-state index is 0.0663. The Morgan fingerprint density at radius 1 is 1.10 bits per heavy atom. The number of aryl methyl sites for hydroxylation is 1. The summed E-state index contributed by atoms with van der Waals surface area (Å²) in [5, 5.41) is 1.37. The third kappa shape index (κ3) is 4.03. The van der Waals surface area contributed by atoms with E-state index < -0.39 is 0 Å². The predicted molar refractivity (Wildman–Crippen MR) is 123 cm³/mol. The van der Waals surface area contributed by atoms with Crippen LogP contribution in [0.1, 0.15) is 5.56 Å². The molecule has 0 saturated heterocycles. The number of ether oxygens (including phenoxy) is 1. The molecule has 2 aromatic carbocycles. The van der Waals surface area contributed by atoms with Crippen LogP contribution in [0, 0.1) is 0 Å². The Balaban J connectivity index is 1.84. The molecule has 4 aromatic rings. The summed E-state index contributed by atoms with van der Waals surface area (Å²) in [5.74, 6) is 0.623. The number of aromatic nitrogens is 3. The predicted octanol–water partition coefficient (Wildman–Crippen LogP) is 4.99. The maximum Gasteiger partial charge on any atom is 0.278 e. The SMILES string of the molecule is COCCn1c(SCc2ccccc2Cl)nc2c(-c3ccccc3)cn(C)c2c1=O. The van der Waals surface area contributed by atoms with E-state index in [0.717, 1.165) is 16.7 Å². The monoisotopic (exact) mass is 439 g/mol. The van der Waals surface area contributed by atoms with Gasteiger partial charge in [-0.3, -0.25) is 9.36 Å². The van der Waals surface area contributed by atoms with Crippen molar-refractivity contribution in [2.75, 3.05) is 13.7 Å². The van der Waals surface area contributed by atoms with Crippen molar-refractivity contribution in [2.45, 2.75) is 17.5 Å². The number of hydrogen-bond donors (Lipinski definition) is 0. The lowest BCUT2D eigenvalue weighted by molar-refractivity contribution is 0.183. The molecule has 154 valence electrons. The second kappa shape index (κ2) is 9.08. The van der Waals surface area contributed by atoms with Gasteiger partial charge in [0.1, 0.15) is 11.0 Å². The van der Waals surface area contributed by atoms with Crippen molar-refractivity contribution >= 4 is 34.4 Å². The molecule has 0 aliphatic rings. The van der Waals surface area contributed by atoms with Gasteiger partial charge in [0, 0.05) is 36.7 Å². The third-order valence-corrected chi connectivity index (χ3v) is 6.35. The number of halogens is 1. The highest BCUT2D eigenvalue weighted by Crippen LogP contribution is 2.30. The van der Waals surface area contributed by atoms with Crippen molar-refractivity contribution < 1.29 is 4.74 Å². The van der Waals surface area contributed by atoms with Crippen molar-refractivity contribution in [3.63, 3.8) is 0 Å². The Hall–Kier alpha value is -2.54. The van der Waals surface area contributed by atoms with Crippen molar-refractivity contribution in [3.05, 3.63) is 81.7 Å². The van der Waals surface area contributed by atoms with E-state index in [4.69, 9.17) is 21.3 Å². The van der Waals surface area contributed by atoms with Gasteiger partial charge in [0.15, 0.2) is 5.16 Å². The van der Waals surface area contributed by atoms with Crippen LogP contribution < -0.4 is 5.56 Å². The molecular weight excluding hydrogens is 418 g/mol. The highest BCUT2D eigenvalue weighted by Gasteiger charge is 2.19. The van der Waals surface area contributed by atoms with Gasteiger partial charge in [-0.25, -0.2) is 4.98 Å². The lowest BCUT2D eigenvalue weighted by Gasteiger charge is -2.13. The fraction of sp³-hybridized carbons (Fsp3) is 0.217. The average Bonchev–Trinajstić information content (AvgIpc) is 3.10. The highest BCUT2D eigenvalue weighted by atomic mass is 35.5. The zero-order chi connectivity index (χ0) is 21.1. The van der Waals surface area contributed by atoms with Gasteiger partial charge in [-0.15, -0.1) is 0 Å². The fourth-order valence-electron chi connectivity index (χ4n) is 3.43. The number of thioether (sulfide) groups is 1. The molecule has 0 spiro atoms. The Kier molecular flexibility index (Phi) is 6.27. The Morgan fingerprint density at radius 3 is 2.57 bits per heavy atom. The first kappa shape index (κ1) is 20.7. The van der Waals surface area contributed by atoms with Crippen LogP contribution in [0.25, 0.3) is 22.2 Å². The van der Waals surface area contributed by atoms with Crippen LogP contribution in [0.2, 0.25) is 5.02 Å². The molecule has 2 heterocycles.